The average molecular weight is 474 g/mol. The molecule has 4 aromatic rings. The average Bonchev–Trinajstić information content (AvgIpc) is 3.55. The SMILES string of the molecule is C[C@@H](Sc1nnc(-c2ccco2)n1-c1ccccc1)C(=O)N1CCN(Cc2ccccc2)CC1. The maximum Gasteiger partial charge on any atom is 0.235 e. The minimum Gasteiger partial charge on any atom is -0.461 e. The van der Waals surface area contributed by atoms with Crippen molar-refractivity contribution in [2.24, 2.45) is 0 Å². The topological polar surface area (TPSA) is 67.4 Å². The Morgan fingerprint density at radius 3 is 2.32 bits per heavy atom. The quantitative estimate of drug-likeness (QED) is 0.372. The Morgan fingerprint density at radius 2 is 1.65 bits per heavy atom. The highest BCUT2D eigenvalue weighted by molar-refractivity contribution is 8.00. The van der Waals surface area contributed by atoms with E-state index in [9.17, 15) is 4.79 Å². The summed E-state index contributed by atoms with van der Waals surface area (Å²) < 4.78 is 7.53. The zero-order chi connectivity index (χ0) is 23.3. The van der Waals surface area contributed by atoms with E-state index < -0.39 is 0 Å². The molecule has 1 aliphatic rings. The summed E-state index contributed by atoms with van der Waals surface area (Å²) in [7, 11) is 0. The molecule has 2 aromatic heterocycles. The molecule has 1 amide bonds. The molecule has 0 radical (unpaired) electrons. The van der Waals surface area contributed by atoms with Crippen LogP contribution in [0.2, 0.25) is 0 Å². The summed E-state index contributed by atoms with van der Waals surface area (Å²) >= 11 is 1.43. The van der Waals surface area contributed by atoms with Crippen LogP contribution in [0.5, 0.6) is 0 Å². The zero-order valence-corrected chi connectivity index (χ0v) is 19.9. The molecular formula is C26H27N5O2S. The summed E-state index contributed by atoms with van der Waals surface area (Å²) in [6.45, 7) is 6.09. The lowest BCUT2D eigenvalue weighted by atomic mass is 10.2. The van der Waals surface area contributed by atoms with Crippen LogP contribution < -0.4 is 0 Å². The predicted molar refractivity (Wildman–Crippen MR) is 133 cm³/mol. The Labute approximate surface area is 203 Å². The third-order valence-corrected chi connectivity index (χ3v) is 6.98. The lowest BCUT2D eigenvalue weighted by molar-refractivity contribution is -0.132. The van der Waals surface area contributed by atoms with Gasteiger partial charge in [0.2, 0.25) is 11.7 Å². The summed E-state index contributed by atoms with van der Waals surface area (Å²) in [4.78, 5) is 17.6. The van der Waals surface area contributed by atoms with E-state index in [1.807, 2.05) is 64.9 Å². The third kappa shape index (κ3) is 4.93. The Bertz CT molecular complexity index is 1200. The Hall–Kier alpha value is -3.36. The van der Waals surface area contributed by atoms with Crippen molar-refractivity contribution in [2.75, 3.05) is 26.2 Å². The molecule has 1 aliphatic heterocycles. The second-order valence-corrected chi connectivity index (χ2v) is 9.61. The molecule has 3 heterocycles. The number of hydrogen-bond acceptors (Lipinski definition) is 6. The maximum absolute atomic E-state index is 13.3. The van der Waals surface area contributed by atoms with E-state index in [4.69, 9.17) is 4.42 Å². The number of piperazine rings is 1. The fourth-order valence-electron chi connectivity index (χ4n) is 4.16. The van der Waals surface area contributed by atoms with E-state index >= 15 is 0 Å². The van der Waals surface area contributed by atoms with Crippen molar-refractivity contribution in [2.45, 2.75) is 23.9 Å². The summed E-state index contributed by atoms with van der Waals surface area (Å²) in [6, 6.07) is 24.1. The maximum atomic E-state index is 13.3. The van der Waals surface area contributed by atoms with Crippen LogP contribution in [0.4, 0.5) is 0 Å². The van der Waals surface area contributed by atoms with Gasteiger partial charge in [-0.3, -0.25) is 14.3 Å². The molecule has 174 valence electrons. The highest BCUT2D eigenvalue weighted by atomic mass is 32.2. The molecule has 0 aliphatic carbocycles. The van der Waals surface area contributed by atoms with E-state index in [0.29, 0.717) is 16.7 Å². The Kier molecular flexibility index (Phi) is 6.78. The second-order valence-electron chi connectivity index (χ2n) is 8.30. The van der Waals surface area contributed by atoms with E-state index in [0.717, 1.165) is 38.4 Å². The van der Waals surface area contributed by atoms with Gasteiger partial charge in [-0.2, -0.15) is 0 Å². The second kappa shape index (κ2) is 10.3. The molecule has 2 aromatic carbocycles. The smallest absolute Gasteiger partial charge is 0.235 e. The molecular weight excluding hydrogens is 446 g/mol. The number of thioether (sulfide) groups is 1. The van der Waals surface area contributed by atoms with Crippen LogP contribution in [-0.4, -0.2) is 61.9 Å². The first kappa shape index (κ1) is 22.4. The normalized spacial score (nSPS) is 15.4. The van der Waals surface area contributed by atoms with E-state index in [2.05, 4.69) is 39.4 Å². The summed E-state index contributed by atoms with van der Waals surface area (Å²) in [6.07, 6.45) is 1.62. The number of amides is 1. The lowest BCUT2D eigenvalue weighted by Gasteiger charge is -2.35. The van der Waals surface area contributed by atoms with Gasteiger partial charge in [-0.15, -0.1) is 10.2 Å². The van der Waals surface area contributed by atoms with Crippen LogP contribution in [0, 0.1) is 0 Å². The number of nitrogens with zero attached hydrogens (tertiary/aromatic N) is 5. The molecule has 1 saturated heterocycles. The van der Waals surface area contributed by atoms with Gasteiger partial charge >= 0.3 is 0 Å². The van der Waals surface area contributed by atoms with Crippen LogP contribution in [0.25, 0.3) is 17.3 Å². The first-order chi connectivity index (χ1) is 16.7. The first-order valence-electron chi connectivity index (χ1n) is 11.5. The van der Waals surface area contributed by atoms with Gasteiger partial charge in [-0.1, -0.05) is 60.3 Å². The van der Waals surface area contributed by atoms with E-state index in [-0.39, 0.29) is 11.2 Å². The summed E-state index contributed by atoms with van der Waals surface area (Å²) in [5.41, 5.74) is 2.23. The third-order valence-electron chi connectivity index (χ3n) is 5.95. The molecule has 1 atom stereocenters. The van der Waals surface area contributed by atoms with Crippen molar-refractivity contribution < 1.29 is 9.21 Å². The minimum atomic E-state index is -0.281. The zero-order valence-electron chi connectivity index (χ0n) is 19.1. The van der Waals surface area contributed by atoms with Crippen molar-refractivity contribution >= 4 is 17.7 Å². The molecule has 0 spiro atoms. The van der Waals surface area contributed by atoms with Crippen molar-refractivity contribution in [3.63, 3.8) is 0 Å². The molecule has 8 heteroatoms. The van der Waals surface area contributed by atoms with Crippen molar-refractivity contribution in [3.8, 4) is 17.3 Å². The number of carbonyl (C=O) groups excluding carboxylic acids is 1. The predicted octanol–water partition coefficient (Wildman–Crippen LogP) is 4.35. The van der Waals surface area contributed by atoms with Gasteiger partial charge < -0.3 is 9.32 Å². The van der Waals surface area contributed by atoms with Gasteiger partial charge in [-0.25, -0.2) is 0 Å². The number of aromatic nitrogens is 3. The molecule has 34 heavy (non-hydrogen) atoms. The number of para-hydroxylation sites is 1. The first-order valence-corrected chi connectivity index (χ1v) is 12.3. The molecule has 1 fully saturated rings. The van der Waals surface area contributed by atoms with Crippen molar-refractivity contribution in [1.29, 1.82) is 0 Å². The van der Waals surface area contributed by atoms with Gasteiger partial charge in [-0.05, 0) is 36.8 Å². The molecule has 0 unspecified atom stereocenters. The van der Waals surface area contributed by atoms with Gasteiger partial charge in [0.25, 0.3) is 0 Å². The van der Waals surface area contributed by atoms with Crippen LogP contribution in [0.1, 0.15) is 12.5 Å². The number of carbonyl (C=O) groups is 1. The summed E-state index contributed by atoms with van der Waals surface area (Å²) in [5.74, 6) is 1.39. The minimum absolute atomic E-state index is 0.131. The van der Waals surface area contributed by atoms with Crippen LogP contribution in [0.3, 0.4) is 0 Å². The van der Waals surface area contributed by atoms with Gasteiger partial charge in [0, 0.05) is 38.4 Å². The van der Waals surface area contributed by atoms with Gasteiger partial charge in [0.05, 0.1) is 11.5 Å². The fraction of sp³-hybridized carbons (Fsp3) is 0.269. The molecule has 7 nitrogen and oxygen atoms in total. The highest BCUT2D eigenvalue weighted by Crippen LogP contribution is 2.31. The van der Waals surface area contributed by atoms with Crippen LogP contribution in [-0.2, 0) is 11.3 Å². The molecule has 0 bridgehead atoms. The highest BCUT2D eigenvalue weighted by Gasteiger charge is 2.28. The molecule has 0 saturated carbocycles. The number of furan rings is 1. The van der Waals surface area contributed by atoms with Crippen molar-refractivity contribution in [3.05, 3.63) is 84.6 Å². The Morgan fingerprint density at radius 1 is 0.941 bits per heavy atom. The van der Waals surface area contributed by atoms with Crippen LogP contribution in [0.15, 0.2) is 88.6 Å². The summed E-state index contributed by atoms with van der Waals surface area (Å²) in [5, 5.41) is 9.18. The largest absolute Gasteiger partial charge is 0.461 e. The number of benzene rings is 2. The molecule has 5 rings (SSSR count). The number of rotatable bonds is 7. The molecule has 0 N–H and O–H groups in total. The van der Waals surface area contributed by atoms with E-state index in [1.54, 1.807) is 6.26 Å². The monoisotopic (exact) mass is 473 g/mol. The van der Waals surface area contributed by atoms with Gasteiger partial charge in [0.15, 0.2) is 10.9 Å². The standard InChI is InChI=1S/C26H27N5O2S/c1-20(25(32)30-16-14-29(15-17-30)19-21-9-4-2-5-10-21)34-26-28-27-24(23-13-8-18-33-23)31(26)22-11-6-3-7-12-22/h2-13,18,20H,14-17,19H2,1H3/t20-/m1/s1. The lowest BCUT2D eigenvalue weighted by Crippen LogP contribution is -2.50. The Balaban J connectivity index is 1.26. The van der Waals surface area contributed by atoms with Gasteiger partial charge in [0.1, 0.15) is 0 Å². The fourth-order valence-corrected chi connectivity index (χ4v) is 5.11. The number of hydrogen-bond donors (Lipinski definition) is 0. The van der Waals surface area contributed by atoms with Crippen molar-refractivity contribution in [1.82, 2.24) is 24.6 Å². The van der Waals surface area contributed by atoms with Crippen LogP contribution >= 0.6 is 11.8 Å². The van der Waals surface area contributed by atoms with E-state index in [1.165, 1.54) is 17.3 Å².